The fourth-order valence-electron chi connectivity index (χ4n) is 1.10. The van der Waals surface area contributed by atoms with Gasteiger partial charge in [-0.25, -0.2) is 0 Å². The minimum Gasteiger partial charge on any atom is -0.468 e. The Morgan fingerprint density at radius 1 is 1.65 bits per heavy atom. The molecule has 0 bridgehead atoms. The highest BCUT2D eigenvalue weighted by molar-refractivity contribution is 7.99. The molecule has 0 aliphatic carbocycles. The summed E-state index contributed by atoms with van der Waals surface area (Å²) in [5, 5.41) is 9.29. The van der Waals surface area contributed by atoms with Gasteiger partial charge in [0.2, 0.25) is 0 Å². The van der Waals surface area contributed by atoms with Gasteiger partial charge >= 0.3 is 5.97 Å². The summed E-state index contributed by atoms with van der Waals surface area (Å²) in [6.45, 7) is 1.58. The molecule has 0 aliphatic heterocycles. The lowest BCUT2D eigenvalue weighted by Gasteiger charge is -2.06. The lowest BCUT2D eigenvalue weighted by Crippen LogP contribution is -2.12. The summed E-state index contributed by atoms with van der Waals surface area (Å²) in [7, 11) is 1.27. The molecule has 90 valence electrons. The topological polar surface area (TPSA) is 83.0 Å². The summed E-state index contributed by atoms with van der Waals surface area (Å²) in [5.74, 6) is -0.422. The van der Waals surface area contributed by atoms with Crippen molar-refractivity contribution in [2.45, 2.75) is 11.9 Å². The molecule has 1 heterocycles. The van der Waals surface area contributed by atoms with Gasteiger partial charge in [-0.05, 0) is 12.5 Å². The number of ether oxygens (including phenoxy) is 1. The standard InChI is InChI=1S/C10H9ClN2O3S/c1-5-6(3-12)10(13-9(15)8(5)11)17-4-7(14)16-2/h4H2,1-2H3,(H,13,15). The average molecular weight is 273 g/mol. The number of carbonyl (C=O) groups is 1. The summed E-state index contributed by atoms with van der Waals surface area (Å²) in [6, 6.07) is 1.95. The Balaban J connectivity index is 3.12. The number of H-pyrrole nitrogens is 1. The number of aromatic nitrogens is 1. The fourth-order valence-corrected chi connectivity index (χ4v) is 2.13. The second-order valence-electron chi connectivity index (χ2n) is 3.07. The highest BCUT2D eigenvalue weighted by Gasteiger charge is 2.14. The van der Waals surface area contributed by atoms with Crippen LogP contribution in [0, 0.1) is 18.3 Å². The number of thioether (sulfide) groups is 1. The Morgan fingerprint density at radius 2 is 2.29 bits per heavy atom. The van der Waals surface area contributed by atoms with E-state index in [9.17, 15) is 9.59 Å². The average Bonchev–Trinajstić information content (AvgIpc) is 2.33. The van der Waals surface area contributed by atoms with E-state index >= 15 is 0 Å². The van der Waals surface area contributed by atoms with Crippen LogP contribution in [0.2, 0.25) is 5.02 Å². The first kappa shape index (κ1) is 13.6. The minimum atomic E-state index is -0.476. The summed E-state index contributed by atoms with van der Waals surface area (Å²) in [5.41, 5.74) is 0.198. The first-order valence-corrected chi connectivity index (χ1v) is 5.89. The molecular weight excluding hydrogens is 264 g/mol. The van der Waals surface area contributed by atoms with Gasteiger partial charge in [0.05, 0.1) is 23.5 Å². The van der Waals surface area contributed by atoms with Crippen LogP contribution in [0.4, 0.5) is 0 Å². The molecule has 1 N–H and O–H groups in total. The number of aromatic amines is 1. The van der Waals surface area contributed by atoms with Crippen molar-refractivity contribution in [1.29, 1.82) is 5.26 Å². The van der Waals surface area contributed by atoms with Crippen LogP contribution in [0.15, 0.2) is 9.82 Å². The van der Waals surface area contributed by atoms with Crippen molar-refractivity contribution in [3.8, 4) is 6.07 Å². The number of hydrogen-bond acceptors (Lipinski definition) is 5. The number of nitrogens with one attached hydrogen (secondary N) is 1. The molecule has 0 radical (unpaired) electrons. The van der Waals surface area contributed by atoms with Crippen LogP contribution in [-0.2, 0) is 9.53 Å². The Kier molecular flexibility index (Phi) is 4.61. The third-order valence-electron chi connectivity index (χ3n) is 2.03. The number of halogens is 1. The highest BCUT2D eigenvalue weighted by Crippen LogP contribution is 2.24. The van der Waals surface area contributed by atoms with Crippen molar-refractivity contribution in [2.24, 2.45) is 0 Å². The molecule has 5 nitrogen and oxygen atoms in total. The third kappa shape index (κ3) is 3.02. The lowest BCUT2D eigenvalue weighted by molar-refractivity contribution is -0.137. The minimum absolute atomic E-state index is 0.0102. The van der Waals surface area contributed by atoms with Crippen LogP contribution in [-0.4, -0.2) is 23.8 Å². The quantitative estimate of drug-likeness (QED) is 0.665. The number of rotatable bonds is 3. The molecule has 0 amide bonds. The molecule has 17 heavy (non-hydrogen) atoms. The monoisotopic (exact) mass is 272 g/mol. The SMILES string of the molecule is COC(=O)CSc1[nH]c(=O)c(Cl)c(C)c1C#N. The van der Waals surface area contributed by atoms with Gasteiger partial charge in [0.15, 0.2) is 0 Å². The van der Waals surface area contributed by atoms with Crippen molar-refractivity contribution in [3.05, 3.63) is 26.5 Å². The molecule has 0 atom stereocenters. The van der Waals surface area contributed by atoms with E-state index in [1.165, 1.54) is 7.11 Å². The summed E-state index contributed by atoms with van der Waals surface area (Å²) >= 11 is 6.76. The van der Waals surface area contributed by atoms with Gasteiger partial charge in [-0.1, -0.05) is 23.4 Å². The van der Waals surface area contributed by atoms with Crippen LogP contribution in [0.3, 0.4) is 0 Å². The van der Waals surface area contributed by atoms with Crippen LogP contribution in [0.25, 0.3) is 0 Å². The molecule has 0 aromatic carbocycles. The number of esters is 1. The van der Waals surface area contributed by atoms with Crippen LogP contribution in [0.5, 0.6) is 0 Å². The zero-order valence-electron chi connectivity index (χ0n) is 9.17. The third-order valence-corrected chi connectivity index (χ3v) is 3.46. The summed E-state index contributed by atoms with van der Waals surface area (Å²) in [6.07, 6.45) is 0. The van der Waals surface area contributed by atoms with Gasteiger partial charge < -0.3 is 9.72 Å². The molecule has 0 fully saturated rings. The maximum atomic E-state index is 11.4. The van der Waals surface area contributed by atoms with Crippen molar-refractivity contribution in [1.82, 2.24) is 4.98 Å². The van der Waals surface area contributed by atoms with Gasteiger partial charge in [0.25, 0.3) is 5.56 Å². The Hall–Kier alpha value is -1.45. The number of methoxy groups -OCH3 is 1. The second kappa shape index (κ2) is 5.75. The smallest absolute Gasteiger partial charge is 0.316 e. The van der Waals surface area contributed by atoms with Crippen molar-refractivity contribution >= 4 is 29.3 Å². The second-order valence-corrected chi connectivity index (χ2v) is 4.44. The molecule has 0 saturated carbocycles. The molecule has 1 rings (SSSR count). The van der Waals surface area contributed by atoms with Gasteiger partial charge in [0.1, 0.15) is 11.1 Å². The molecule has 0 saturated heterocycles. The predicted molar refractivity (Wildman–Crippen MR) is 64.3 cm³/mol. The highest BCUT2D eigenvalue weighted by atomic mass is 35.5. The van der Waals surface area contributed by atoms with Gasteiger partial charge in [0, 0.05) is 0 Å². The Bertz CT molecular complexity index is 548. The van der Waals surface area contributed by atoms with Crippen LogP contribution < -0.4 is 5.56 Å². The van der Waals surface area contributed by atoms with E-state index in [1.807, 2.05) is 6.07 Å². The molecule has 0 aliphatic rings. The fraction of sp³-hybridized carbons (Fsp3) is 0.300. The number of pyridine rings is 1. The van der Waals surface area contributed by atoms with E-state index in [0.29, 0.717) is 10.6 Å². The normalized spacial score (nSPS) is 9.76. The maximum absolute atomic E-state index is 11.4. The Labute approximate surface area is 107 Å². The summed E-state index contributed by atoms with van der Waals surface area (Å²) in [4.78, 5) is 24.9. The largest absolute Gasteiger partial charge is 0.468 e. The van der Waals surface area contributed by atoms with Crippen molar-refractivity contribution in [3.63, 3.8) is 0 Å². The lowest BCUT2D eigenvalue weighted by atomic mass is 10.2. The van der Waals surface area contributed by atoms with E-state index in [0.717, 1.165) is 11.8 Å². The first-order valence-electron chi connectivity index (χ1n) is 4.53. The van der Waals surface area contributed by atoms with Crippen molar-refractivity contribution < 1.29 is 9.53 Å². The number of nitrogens with zero attached hydrogens (tertiary/aromatic N) is 1. The maximum Gasteiger partial charge on any atom is 0.316 e. The first-order chi connectivity index (χ1) is 8.01. The molecule has 0 spiro atoms. The molecule has 7 heteroatoms. The Morgan fingerprint density at radius 3 is 2.82 bits per heavy atom. The molecule has 1 aromatic heterocycles. The van der Waals surface area contributed by atoms with Crippen LogP contribution >= 0.6 is 23.4 Å². The number of nitriles is 1. The van der Waals surface area contributed by atoms with Gasteiger partial charge in [-0.15, -0.1) is 0 Å². The van der Waals surface area contributed by atoms with Gasteiger partial charge in [-0.3, -0.25) is 9.59 Å². The number of carbonyl (C=O) groups excluding carboxylic acids is 1. The zero-order valence-corrected chi connectivity index (χ0v) is 10.7. The van der Waals surface area contributed by atoms with E-state index < -0.39 is 11.5 Å². The van der Waals surface area contributed by atoms with E-state index in [1.54, 1.807) is 6.92 Å². The summed E-state index contributed by atoms with van der Waals surface area (Å²) < 4.78 is 4.47. The van der Waals surface area contributed by atoms with E-state index in [4.69, 9.17) is 16.9 Å². The van der Waals surface area contributed by atoms with E-state index in [-0.39, 0.29) is 16.3 Å². The van der Waals surface area contributed by atoms with Crippen LogP contribution in [0.1, 0.15) is 11.1 Å². The molecule has 1 aromatic rings. The van der Waals surface area contributed by atoms with Gasteiger partial charge in [-0.2, -0.15) is 5.26 Å². The van der Waals surface area contributed by atoms with Crippen molar-refractivity contribution in [2.75, 3.05) is 12.9 Å². The number of hydrogen-bond donors (Lipinski definition) is 1. The zero-order chi connectivity index (χ0) is 13.0. The predicted octanol–water partition coefficient (Wildman–Crippen LogP) is 1.47. The van der Waals surface area contributed by atoms with E-state index in [2.05, 4.69) is 9.72 Å². The molecular formula is C10H9ClN2O3S. The molecule has 0 unspecified atom stereocenters.